The van der Waals surface area contributed by atoms with Gasteiger partial charge in [0, 0.05) is 35.6 Å². The van der Waals surface area contributed by atoms with Crippen LogP contribution in [-0.4, -0.2) is 65.9 Å². The summed E-state index contributed by atoms with van der Waals surface area (Å²) in [6.07, 6.45) is 1.18. The molecule has 0 aliphatic carbocycles. The maximum Gasteiger partial charge on any atom is 0.335 e. The van der Waals surface area contributed by atoms with E-state index in [2.05, 4.69) is 20.3 Å². The molecule has 0 spiro atoms. The highest BCUT2D eigenvalue weighted by Gasteiger charge is 2.29. The molecule has 264 valence electrons. The molecule has 16 heteroatoms. The molecule has 2 atom stereocenters. The van der Waals surface area contributed by atoms with E-state index in [9.17, 15) is 32.7 Å². The van der Waals surface area contributed by atoms with Gasteiger partial charge in [-0.05, 0) is 66.8 Å². The number of amidine groups is 1. The van der Waals surface area contributed by atoms with E-state index < -0.39 is 45.8 Å². The molecule has 2 unspecified atom stereocenters. The van der Waals surface area contributed by atoms with Gasteiger partial charge in [0.25, 0.3) is 0 Å². The summed E-state index contributed by atoms with van der Waals surface area (Å²) in [6, 6.07) is 15.6. The second-order valence-electron chi connectivity index (χ2n) is 11.5. The molecule has 0 aliphatic rings. The van der Waals surface area contributed by atoms with Crippen molar-refractivity contribution in [3.05, 3.63) is 101 Å². The monoisotopic (exact) mass is 705 g/mol. The number of primary amides is 1. The van der Waals surface area contributed by atoms with Gasteiger partial charge >= 0.3 is 5.97 Å². The first kappa shape index (κ1) is 37.1. The molecular weight excluding hydrogens is 666 g/mol. The summed E-state index contributed by atoms with van der Waals surface area (Å²) in [5, 5.41) is 22.7. The van der Waals surface area contributed by atoms with E-state index in [4.69, 9.17) is 21.6 Å². The number of fused-ring (bicyclic) bond motifs is 1. The standard InChI is InChI=1S/C34H39N7O8S/c1-2-50(47,48)41-29(33(44)40-28(12-13-30(35)42)32(43)39-17-20-6-8-22(9-7-20)31(36)37)15-24-18-38-27-11-10-25(16-26(24)27)49-19-21-4-3-5-23(14-21)34(45)46/h3-11,14,16,18,28-29,38,41H,2,12-13,15,17,19H2,1H3,(H2,35,42)(H3,36,37)(H,39,43)(H,40,44)(H,45,46). The molecular formula is C34H39N7O8S. The summed E-state index contributed by atoms with van der Waals surface area (Å²) in [6.45, 7) is 1.58. The maximum atomic E-state index is 13.7. The Bertz CT molecular complexity index is 1990. The van der Waals surface area contributed by atoms with E-state index in [1.54, 1.807) is 60.8 Å². The number of carbonyl (C=O) groups excluding carboxylic acids is 3. The van der Waals surface area contributed by atoms with Crippen LogP contribution in [0.2, 0.25) is 0 Å². The largest absolute Gasteiger partial charge is 0.489 e. The molecule has 0 fully saturated rings. The lowest BCUT2D eigenvalue weighted by molar-refractivity contribution is -0.130. The predicted molar refractivity (Wildman–Crippen MR) is 186 cm³/mol. The highest BCUT2D eigenvalue weighted by molar-refractivity contribution is 7.89. The Labute approximate surface area is 288 Å². The second kappa shape index (κ2) is 16.6. The lowest BCUT2D eigenvalue weighted by Gasteiger charge is -2.23. The van der Waals surface area contributed by atoms with Gasteiger partial charge in [-0.1, -0.05) is 36.4 Å². The average molecular weight is 706 g/mol. The van der Waals surface area contributed by atoms with Crippen molar-refractivity contribution in [2.75, 3.05) is 5.75 Å². The van der Waals surface area contributed by atoms with Gasteiger partial charge in [0.15, 0.2) is 0 Å². The number of nitrogen functional groups attached to an aromatic ring is 1. The fourth-order valence-electron chi connectivity index (χ4n) is 5.03. The fourth-order valence-corrected chi connectivity index (χ4v) is 5.82. The number of H-pyrrole nitrogens is 1. The maximum absolute atomic E-state index is 13.7. The zero-order valence-electron chi connectivity index (χ0n) is 27.2. The molecule has 0 saturated carbocycles. The molecule has 3 amide bonds. The third-order valence-electron chi connectivity index (χ3n) is 7.80. The first-order valence-corrected chi connectivity index (χ1v) is 17.2. The van der Waals surface area contributed by atoms with Crippen LogP contribution in [0.3, 0.4) is 0 Å². The average Bonchev–Trinajstić information content (AvgIpc) is 3.49. The van der Waals surface area contributed by atoms with Crippen LogP contribution in [0, 0.1) is 5.41 Å². The number of aromatic amines is 1. The highest BCUT2D eigenvalue weighted by atomic mass is 32.2. The summed E-state index contributed by atoms with van der Waals surface area (Å²) in [4.78, 5) is 52.9. The quantitative estimate of drug-likeness (QED) is 0.0552. The molecule has 4 aromatic rings. The van der Waals surface area contributed by atoms with Crippen molar-refractivity contribution in [3.63, 3.8) is 0 Å². The first-order chi connectivity index (χ1) is 23.7. The molecule has 10 N–H and O–H groups in total. The summed E-state index contributed by atoms with van der Waals surface area (Å²) in [7, 11) is -3.90. The predicted octanol–water partition coefficient (Wildman–Crippen LogP) is 1.65. The van der Waals surface area contributed by atoms with Crippen molar-refractivity contribution >= 4 is 50.5 Å². The van der Waals surface area contributed by atoms with Crippen molar-refractivity contribution in [1.29, 1.82) is 5.41 Å². The van der Waals surface area contributed by atoms with Gasteiger partial charge in [-0.15, -0.1) is 0 Å². The molecule has 0 radical (unpaired) electrons. The van der Waals surface area contributed by atoms with Gasteiger partial charge in [0.1, 0.15) is 30.3 Å². The van der Waals surface area contributed by atoms with Gasteiger partial charge < -0.3 is 36.9 Å². The Balaban J connectivity index is 1.52. The van der Waals surface area contributed by atoms with Gasteiger partial charge in [0.2, 0.25) is 27.7 Å². The van der Waals surface area contributed by atoms with E-state index in [0.717, 1.165) is 0 Å². The lowest BCUT2D eigenvalue weighted by Crippen LogP contribution is -2.54. The number of nitrogens with one attached hydrogen (secondary N) is 5. The van der Waals surface area contributed by atoms with E-state index in [-0.39, 0.29) is 49.6 Å². The number of aromatic nitrogens is 1. The number of nitrogens with two attached hydrogens (primary N) is 2. The van der Waals surface area contributed by atoms with E-state index in [1.165, 1.54) is 19.1 Å². The number of rotatable bonds is 18. The molecule has 1 aromatic heterocycles. The first-order valence-electron chi connectivity index (χ1n) is 15.6. The molecule has 50 heavy (non-hydrogen) atoms. The van der Waals surface area contributed by atoms with Crippen LogP contribution in [0.4, 0.5) is 0 Å². The third kappa shape index (κ3) is 10.4. The van der Waals surface area contributed by atoms with Crippen molar-refractivity contribution in [2.24, 2.45) is 11.5 Å². The van der Waals surface area contributed by atoms with Crippen LogP contribution in [0.1, 0.15) is 52.4 Å². The molecule has 0 aliphatic heterocycles. The summed E-state index contributed by atoms with van der Waals surface area (Å²) < 4.78 is 33.7. The molecule has 15 nitrogen and oxygen atoms in total. The minimum absolute atomic E-state index is 0.0661. The third-order valence-corrected chi connectivity index (χ3v) is 9.21. The lowest BCUT2D eigenvalue weighted by atomic mass is 10.0. The Kier molecular flexibility index (Phi) is 12.3. The Morgan fingerprint density at radius 2 is 1.68 bits per heavy atom. The minimum atomic E-state index is -3.90. The number of hydrogen-bond donors (Lipinski definition) is 8. The van der Waals surface area contributed by atoms with E-state index in [0.29, 0.717) is 38.9 Å². The Morgan fingerprint density at radius 3 is 2.34 bits per heavy atom. The zero-order valence-corrected chi connectivity index (χ0v) is 28.0. The number of benzene rings is 3. The topological polar surface area (TPSA) is 260 Å². The number of carboxylic acid groups (broad SMARTS) is 1. The van der Waals surface area contributed by atoms with Gasteiger partial charge in [0.05, 0.1) is 11.3 Å². The number of aromatic carboxylic acids is 1. The van der Waals surface area contributed by atoms with Crippen LogP contribution in [-0.2, 0) is 44.0 Å². The number of amides is 3. The number of sulfonamides is 1. The van der Waals surface area contributed by atoms with Gasteiger partial charge in [-0.3, -0.25) is 19.8 Å². The number of carboxylic acids is 1. The van der Waals surface area contributed by atoms with Crippen molar-refractivity contribution in [3.8, 4) is 5.75 Å². The Morgan fingerprint density at radius 1 is 0.940 bits per heavy atom. The Hall–Kier alpha value is -5.74. The number of carbonyl (C=O) groups is 4. The van der Waals surface area contributed by atoms with Gasteiger partial charge in [-0.2, -0.15) is 0 Å². The van der Waals surface area contributed by atoms with Crippen LogP contribution < -0.4 is 31.6 Å². The van der Waals surface area contributed by atoms with Crippen molar-refractivity contribution in [2.45, 2.75) is 51.4 Å². The van der Waals surface area contributed by atoms with E-state index >= 15 is 0 Å². The van der Waals surface area contributed by atoms with Crippen LogP contribution in [0.5, 0.6) is 5.75 Å². The second-order valence-corrected chi connectivity index (χ2v) is 13.5. The minimum Gasteiger partial charge on any atom is -0.489 e. The zero-order chi connectivity index (χ0) is 36.4. The summed E-state index contributed by atoms with van der Waals surface area (Å²) >= 11 is 0. The van der Waals surface area contributed by atoms with Crippen molar-refractivity contribution < 1.29 is 37.4 Å². The molecule has 4 rings (SSSR count). The number of ether oxygens (including phenoxy) is 1. The highest BCUT2D eigenvalue weighted by Crippen LogP contribution is 2.26. The molecule has 1 heterocycles. The summed E-state index contributed by atoms with van der Waals surface area (Å²) in [5.41, 5.74) is 14.0. The van der Waals surface area contributed by atoms with Crippen LogP contribution >= 0.6 is 0 Å². The SMILES string of the molecule is CCS(=O)(=O)NC(Cc1c[nH]c2ccc(OCc3cccc(C(=O)O)c3)cc12)C(=O)NC(CCC(N)=O)C(=O)NCc1ccc(C(=N)N)cc1. The number of hydrogen-bond acceptors (Lipinski definition) is 8. The fraction of sp³-hybridized carbons (Fsp3) is 0.265. The smallest absolute Gasteiger partial charge is 0.335 e. The molecule has 3 aromatic carbocycles. The van der Waals surface area contributed by atoms with Crippen LogP contribution in [0.25, 0.3) is 10.9 Å². The van der Waals surface area contributed by atoms with Crippen molar-refractivity contribution in [1.82, 2.24) is 20.3 Å². The summed E-state index contributed by atoms with van der Waals surface area (Å²) in [5.74, 6) is -3.11. The normalized spacial score (nSPS) is 12.5. The van der Waals surface area contributed by atoms with Crippen LogP contribution in [0.15, 0.2) is 72.9 Å². The molecule has 0 bridgehead atoms. The molecule has 0 saturated heterocycles. The van der Waals surface area contributed by atoms with Gasteiger partial charge in [-0.25, -0.2) is 17.9 Å². The van der Waals surface area contributed by atoms with E-state index in [1.807, 2.05) is 0 Å².